The molecule has 0 saturated carbocycles. The van der Waals surface area contributed by atoms with Crippen LogP contribution in [0.5, 0.6) is 0 Å². The summed E-state index contributed by atoms with van der Waals surface area (Å²) >= 11 is 0. The minimum absolute atomic E-state index is 0. The van der Waals surface area contributed by atoms with Crippen LogP contribution in [-0.2, 0) is 19.1 Å². The molecule has 0 bridgehead atoms. The van der Waals surface area contributed by atoms with Crippen molar-refractivity contribution in [3.63, 3.8) is 0 Å². The molecule has 2 N–H and O–H groups in total. The van der Waals surface area contributed by atoms with Gasteiger partial charge in [0.25, 0.3) is 0 Å². The fraction of sp³-hybridized carbons (Fsp3) is 0.929. The van der Waals surface area contributed by atoms with Gasteiger partial charge >= 0.3 is 53.8 Å². The average Bonchev–Trinajstić information content (AvgIpc) is 2.36. The molecule has 21 heavy (non-hydrogen) atoms. The topological polar surface area (TPSA) is 86.5 Å². The van der Waals surface area contributed by atoms with Gasteiger partial charge in [-0.3, -0.25) is 4.79 Å². The van der Waals surface area contributed by atoms with E-state index < -0.39 is 16.1 Å². The van der Waals surface area contributed by atoms with Crippen LogP contribution in [-0.4, -0.2) is 64.4 Å². The predicted octanol–water partition coefficient (Wildman–Crippen LogP) is 1.82. The summed E-state index contributed by atoms with van der Waals surface area (Å²) in [6.07, 6.45) is 10.5. The molecule has 0 aromatic heterocycles. The molecule has 0 heterocycles. The predicted molar refractivity (Wildman–Crippen MR) is 89.3 cm³/mol. The third-order valence-electron chi connectivity index (χ3n) is 3.07. The fourth-order valence-corrected chi connectivity index (χ4v) is 2.69. The van der Waals surface area contributed by atoms with E-state index in [0.29, 0.717) is 6.42 Å². The Hall–Kier alpha value is 0.640. The Balaban J connectivity index is 0. The molecular formula is C14H31CaNO4S. The van der Waals surface area contributed by atoms with Crippen molar-refractivity contribution in [1.82, 2.24) is 0 Å². The Morgan fingerprint density at radius 2 is 1.43 bits per heavy atom. The number of carbonyl (C=O) groups is 1. The number of hydrogen-bond donors (Lipinski definition) is 1. The van der Waals surface area contributed by atoms with Gasteiger partial charge in [0.05, 0.1) is 5.75 Å². The zero-order valence-corrected chi connectivity index (χ0v) is 13.4. The van der Waals surface area contributed by atoms with Crippen LogP contribution in [0.1, 0.15) is 71.1 Å². The van der Waals surface area contributed by atoms with Crippen molar-refractivity contribution in [3.8, 4) is 0 Å². The first-order chi connectivity index (χ1) is 9.52. The van der Waals surface area contributed by atoms with E-state index in [9.17, 15) is 13.2 Å². The Labute approximate surface area is 159 Å². The molecule has 124 valence electrons. The third-order valence-corrected chi connectivity index (χ3v) is 4.25. The van der Waals surface area contributed by atoms with E-state index >= 15 is 0 Å². The van der Waals surface area contributed by atoms with Crippen molar-refractivity contribution in [1.29, 1.82) is 0 Å². The molecule has 0 unspecified atom stereocenters. The molecule has 0 radical (unpaired) electrons. The van der Waals surface area contributed by atoms with E-state index in [1.165, 1.54) is 38.5 Å². The SMILES string of the molecule is CCCCCCCCCCCC(=O)OS(=O)(=O)CCN.[CaH2]. The van der Waals surface area contributed by atoms with Gasteiger partial charge in [0.15, 0.2) is 0 Å². The molecule has 5 nitrogen and oxygen atoms in total. The number of unbranched alkanes of at least 4 members (excludes halogenated alkanes) is 8. The van der Waals surface area contributed by atoms with Gasteiger partial charge in [-0.1, -0.05) is 58.3 Å². The van der Waals surface area contributed by atoms with Crippen molar-refractivity contribution < 1.29 is 17.4 Å². The first-order valence-electron chi connectivity index (χ1n) is 7.67. The number of nitrogens with two attached hydrogens (primary N) is 1. The van der Waals surface area contributed by atoms with Gasteiger partial charge in [-0.15, -0.1) is 0 Å². The molecule has 0 saturated heterocycles. The summed E-state index contributed by atoms with van der Waals surface area (Å²) in [6.45, 7) is 2.17. The Morgan fingerprint density at radius 1 is 0.952 bits per heavy atom. The molecule has 0 aliphatic carbocycles. The second-order valence-corrected chi connectivity index (χ2v) is 6.77. The Bertz CT molecular complexity index is 347. The van der Waals surface area contributed by atoms with Crippen LogP contribution in [0, 0.1) is 0 Å². The van der Waals surface area contributed by atoms with Crippen LogP contribution in [0.2, 0.25) is 0 Å². The van der Waals surface area contributed by atoms with Crippen LogP contribution < -0.4 is 5.73 Å². The quantitative estimate of drug-likeness (QED) is 0.311. The molecule has 0 fully saturated rings. The zero-order valence-electron chi connectivity index (χ0n) is 12.6. The molecular weight excluding hydrogens is 318 g/mol. The Morgan fingerprint density at radius 3 is 1.90 bits per heavy atom. The van der Waals surface area contributed by atoms with Gasteiger partial charge < -0.3 is 9.92 Å². The van der Waals surface area contributed by atoms with Gasteiger partial charge in [-0.25, -0.2) is 0 Å². The number of hydrogen-bond acceptors (Lipinski definition) is 5. The molecule has 0 aliphatic rings. The van der Waals surface area contributed by atoms with Crippen LogP contribution in [0.4, 0.5) is 0 Å². The molecule has 0 aliphatic heterocycles. The van der Waals surface area contributed by atoms with E-state index in [1.54, 1.807) is 0 Å². The first kappa shape index (κ1) is 23.9. The summed E-state index contributed by atoms with van der Waals surface area (Å²) in [5.74, 6) is -0.974. The third kappa shape index (κ3) is 16.8. The minimum atomic E-state index is -3.77. The van der Waals surface area contributed by atoms with Gasteiger partial charge in [0.2, 0.25) is 0 Å². The van der Waals surface area contributed by atoms with Gasteiger partial charge in [0.1, 0.15) is 0 Å². The van der Waals surface area contributed by atoms with Gasteiger partial charge in [0, 0.05) is 13.0 Å². The standard InChI is InChI=1S/C14H29NO4S.Ca.2H/c1-2-3-4-5-6-7-8-9-10-11-14(16)19-20(17,18)13-12-15;;;/h2-13,15H2,1H3;;;. The molecule has 0 amide bonds. The molecule has 0 spiro atoms. The van der Waals surface area contributed by atoms with Crippen molar-refractivity contribution >= 4 is 53.8 Å². The normalized spacial score (nSPS) is 11.0. The van der Waals surface area contributed by atoms with Crippen LogP contribution >= 0.6 is 0 Å². The second-order valence-electron chi connectivity index (χ2n) is 5.08. The molecule has 7 heteroatoms. The summed E-state index contributed by atoms with van der Waals surface area (Å²) in [7, 11) is -3.77. The number of rotatable bonds is 13. The monoisotopic (exact) mass is 349 g/mol. The van der Waals surface area contributed by atoms with Gasteiger partial charge in [-0.2, -0.15) is 8.42 Å². The second kappa shape index (κ2) is 15.5. The van der Waals surface area contributed by atoms with Crippen molar-refractivity contribution in [2.75, 3.05) is 12.3 Å². The van der Waals surface area contributed by atoms with E-state index in [1.807, 2.05) is 0 Å². The fourth-order valence-electron chi connectivity index (χ4n) is 1.95. The van der Waals surface area contributed by atoms with Gasteiger partial charge in [-0.05, 0) is 6.42 Å². The van der Waals surface area contributed by atoms with Crippen molar-refractivity contribution in [3.05, 3.63) is 0 Å². The number of carbonyl (C=O) groups excluding carboxylic acids is 1. The molecule has 0 aromatic carbocycles. The molecule has 0 rings (SSSR count). The molecule has 0 atom stereocenters. The van der Waals surface area contributed by atoms with E-state index in [4.69, 9.17) is 5.73 Å². The van der Waals surface area contributed by atoms with Crippen LogP contribution in [0.25, 0.3) is 0 Å². The maximum atomic E-state index is 11.3. The van der Waals surface area contributed by atoms with E-state index in [2.05, 4.69) is 11.1 Å². The summed E-state index contributed by atoms with van der Waals surface area (Å²) < 4.78 is 26.8. The summed E-state index contributed by atoms with van der Waals surface area (Å²) in [5.41, 5.74) is 5.12. The van der Waals surface area contributed by atoms with Crippen LogP contribution in [0.3, 0.4) is 0 Å². The van der Waals surface area contributed by atoms with E-state index in [0.717, 1.165) is 12.8 Å². The summed E-state index contributed by atoms with van der Waals surface area (Å²) in [4.78, 5) is 11.3. The van der Waals surface area contributed by atoms with E-state index in [-0.39, 0.29) is 56.5 Å². The summed E-state index contributed by atoms with van der Waals surface area (Å²) in [5, 5.41) is 0. The zero-order chi connectivity index (χ0) is 15.3. The molecule has 0 aromatic rings. The van der Waals surface area contributed by atoms with Crippen LogP contribution in [0.15, 0.2) is 0 Å². The van der Waals surface area contributed by atoms with Crippen molar-refractivity contribution in [2.24, 2.45) is 5.73 Å². The summed E-state index contributed by atoms with van der Waals surface area (Å²) in [6, 6.07) is 0. The Kier molecular flexibility index (Phi) is 17.7. The maximum absolute atomic E-state index is 11.3. The average molecular weight is 350 g/mol. The van der Waals surface area contributed by atoms with Crippen molar-refractivity contribution in [2.45, 2.75) is 71.1 Å². The first-order valence-corrected chi connectivity index (χ1v) is 9.24.